The summed E-state index contributed by atoms with van der Waals surface area (Å²) in [6.07, 6.45) is 4.05. The van der Waals surface area contributed by atoms with E-state index in [1.165, 1.54) is 0 Å². The maximum Gasteiger partial charge on any atom is 0.303 e. The number of carboxylic acid groups (broad SMARTS) is 1. The van der Waals surface area contributed by atoms with Crippen molar-refractivity contribution in [2.75, 3.05) is 0 Å². The Morgan fingerprint density at radius 2 is 2.38 bits per heavy atom. The second kappa shape index (κ2) is 4.32. The summed E-state index contributed by atoms with van der Waals surface area (Å²) in [5.41, 5.74) is 7.60. The first kappa shape index (κ1) is 10.6. The highest BCUT2D eigenvalue weighted by molar-refractivity contribution is 5.66. The predicted octanol–water partition coefficient (Wildman–Crippen LogP) is 1.20. The minimum atomic E-state index is -0.829. The molecule has 5 nitrogen and oxygen atoms in total. The Morgan fingerprint density at radius 3 is 3.12 bits per heavy atom. The van der Waals surface area contributed by atoms with Crippen LogP contribution in [-0.2, 0) is 4.79 Å². The van der Waals surface area contributed by atoms with Crippen molar-refractivity contribution in [1.29, 1.82) is 0 Å². The summed E-state index contributed by atoms with van der Waals surface area (Å²) in [4.78, 5) is 14.7. The molecule has 0 bridgehead atoms. The van der Waals surface area contributed by atoms with Crippen molar-refractivity contribution in [3.05, 3.63) is 36.3 Å². The quantitative estimate of drug-likeness (QED) is 0.809. The van der Waals surface area contributed by atoms with Crippen molar-refractivity contribution in [2.45, 2.75) is 18.9 Å². The average Bonchev–Trinajstić information content (AvgIpc) is 2.69. The number of aromatic nitrogens is 2. The van der Waals surface area contributed by atoms with Crippen LogP contribution in [0.25, 0.3) is 5.65 Å². The highest BCUT2D eigenvalue weighted by atomic mass is 16.4. The number of imidazole rings is 1. The van der Waals surface area contributed by atoms with Crippen molar-refractivity contribution in [2.24, 2.45) is 5.73 Å². The second-order valence-electron chi connectivity index (χ2n) is 3.65. The summed E-state index contributed by atoms with van der Waals surface area (Å²) in [6.45, 7) is 0. The Balaban J connectivity index is 2.22. The molecule has 1 atom stereocenters. The molecule has 5 heteroatoms. The van der Waals surface area contributed by atoms with E-state index in [1.807, 2.05) is 28.8 Å². The third kappa shape index (κ3) is 2.04. The molecule has 0 aromatic carbocycles. The van der Waals surface area contributed by atoms with E-state index in [0.717, 1.165) is 11.3 Å². The first-order valence-corrected chi connectivity index (χ1v) is 5.08. The molecule has 0 aliphatic rings. The summed E-state index contributed by atoms with van der Waals surface area (Å²) in [5.74, 6) is -0.829. The van der Waals surface area contributed by atoms with E-state index < -0.39 is 5.97 Å². The van der Waals surface area contributed by atoms with Gasteiger partial charge in [0.05, 0.1) is 11.9 Å². The van der Waals surface area contributed by atoms with Gasteiger partial charge in [0.1, 0.15) is 5.65 Å². The number of fused-ring (bicyclic) bond motifs is 1. The molecule has 84 valence electrons. The lowest BCUT2D eigenvalue weighted by Crippen LogP contribution is -2.14. The van der Waals surface area contributed by atoms with Gasteiger partial charge < -0.3 is 15.2 Å². The van der Waals surface area contributed by atoms with Crippen LogP contribution in [0, 0.1) is 0 Å². The fourth-order valence-corrected chi connectivity index (χ4v) is 1.65. The lowest BCUT2D eigenvalue weighted by Gasteiger charge is -2.09. The minimum Gasteiger partial charge on any atom is -0.481 e. The third-order valence-electron chi connectivity index (χ3n) is 2.49. The standard InChI is InChI=1S/C11H13N3O2/c12-8(4-5-11(15)16)9-7-13-10-3-1-2-6-14(9)10/h1-3,6-8H,4-5,12H2,(H,15,16). The predicted molar refractivity (Wildman–Crippen MR) is 59.0 cm³/mol. The largest absolute Gasteiger partial charge is 0.481 e. The zero-order valence-corrected chi connectivity index (χ0v) is 8.71. The summed E-state index contributed by atoms with van der Waals surface area (Å²) in [7, 11) is 0. The molecule has 1 unspecified atom stereocenters. The number of rotatable bonds is 4. The van der Waals surface area contributed by atoms with Crippen molar-refractivity contribution in [3.8, 4) is 0 Å². The van der Waals surface area contributed by atoms with Gasteiger partial charge >= 0.3 is 5.97 Å². The molecule has 0 amide bonds. The second-order valence-corrected chi connectivity index (χ2v) is 3.65. The SMILES string of the molecule is NC(CCC(=O)O)c1cnc2ccccn12. The van der Waals surface area contributed by atoms with Gasteiger partial charge in [-0.25, -0.2) is 4.98 Å². The number of carboxylic acids is 1. The molecule has 2 aromatic heterocycles. The third-order valence-corrected chi connectivity index (χ3v) is 2.49. The van der Waals surface area contributed by atoms with E-state index in [0.29, 0.717) is 6.42 Å². The molecular formula is C11H13N3O2. The summed E-state index contributed by atoms with van der Waals surface area (Å²) in [5, 5.41) is 8.60. The Labute approximate surface area is 92.5 Å². The molecule has 2 heterocycles. The van der Waals surface area contributed by atoms with Gasteiger partial charge in [-0.3, -0.25) is 4.79 Å². The molecule has 0 fully saturated rings. The van der Waals surface area contributed by atoms with E-state index in [9.17, 15) is 4.79 Å². The Hall–Kier alpha value is -1.88. The highest BCUT2D eigenvalue weighted by Crippen LogP contribution is 2.17. The molecule has 2 rings (SSSR count). The summed E-state index contributed by atoms with van der Waals surface area (Å²) >= 11 is 0. The number of carbonyl (C=O) groups is 1. The van der Waals surface area contributed by atoms with E-state index in [2.05, 4.69) is 4.98 Å². The molecule has 2 aromatic rings. The zero-order chi connectivity index (χ0) is 11.5. The van der Waals surface area contributed by atoms with Crippen LogP contribution in [0.15, 0.2) is 30.6 Å². The normalized spacial score (nSPS) is 12.8. The van der Waals surface area contributed by atoms with Crippen molar-refractivity contribution in [1.82, 2.24) is 9.38 Å². The van der Waals surface area contributed by atoms with E-state index >= 15 is 0 Å². The van der Waals surface area contributed by atoms with Crippen LogP contribution < -0.4 is 5.73 Å². The monoisotopic (exact) mass is 219 g/mol. The maximum atomic E-state index is 10.5. The highest BCUT2D eigenvalue weighted by Gasteiger charge is 2.12. The van der Waals surface area contributed by atoms with E-state index in [4.69, 9.17) is 10.8 Å². The Bertz CT molecular complexity index is 507. The van der Waals surface area contributed by atoms with Crippen LogP contribution in [0.4, 0.5) is 0 Å². The molecule has 0 aliphatic heterocycles. The number of nitrogens with two attached hydrogens (primary N) is 1. The van der Waals surface area contributed by atoms with Crippen molar-refractivity contribution in [3.63, 3.8) is 0 Å². The van der Waals surface area contributed by atoms with Gasteiger partial charge in [0.2, 0.25) is 0 Å². The van der Waals surface area contributed by atoms with Crippen LogP contribution in [0.5, 0.6) is 0 Å². The average molecular weight is 219 g/mol. The molecule has 0 aliphatic carbocycles. The fourth-order valence-electron chi connectivity index (χ4n) is 1.65. The molecule has 0 spiro atoms. The van der Waals surface area contributed by atoms with Crippen LogP contribution in [-0.4, -0.2) is 20.5 Å². The fraction of sp³-hybridized carbons (Fsp3) is 0.273. The van der Waals surface area contributed by atoms with Crippen LogP contribution in [0.3, 0.4) is 0 Å². The topological polar surface area (TPSA) is 80.6 Å². The Kier molecular flexibility index (Phi) is 2.87. The molecule has 3 N–H and O–H groups in total. The molecule has 0 saturated carbocycles. The number of hydrogen-bond donors (Lipinski definition) is 2. The van der Waals surface area contributed by atoms with Crippen LogP contribution >= 0.6 is 0 Å². The van der Waals surface area contributed by atoms with Gasteiger partial charge in [-0.1, -0.05) is 6.07 Å². The lowest BCUT2D eigenvalue weighted by molar-refractivity contribution is -0.137. The number of hydrogen-bond acceptors (Lipinski definition) is 3. The Morgan fingerprint density at radius 1 is 1.56 bits per heavy atom. The number of aliphatic carboxylic acids is 1. The molecule has 0 saturated heterocycles. The van der Waals surface area contributed by atoms with E-state index in [1.54, 1.807) is 6.20 Å². The number of nitrogens with zero attached hydrogens (tertiary/aromatic N) is 2. The first-order valence-electron chi connectivity index (χ1n) is 5.08. The van der Waals surface area contributed by atoms with Crippen molar-refractivity contribution >= 4 is 11.6 Å². The van der Waals surface area contributed by atoms with Gasteiger partial charge in [-0.05, 0) is 18.6 Å². The summed E-state index contributed by atoms with van der Waals surface area (Å²) in [6, 6.07) is 5.37. The van der Waals surface area contributed by atoms with Gasteiger partial charge in [-0.15, -0.1) is 0 Å². The lowest BCUT2D eigenvalue weighted by atomic mass is 10.1. The van der Waals surface area contributed by atoms with Crippen LogP contribution in [0.2, 0.25) is 0 Å². The molecular weight excluding hydrogens is 206 g/mol. The molecule has 16 heavy (non-hydrogen) atoms. The van der Waals surface area contributed by atoms with E-state index in [-0.39, 0.29) is 12.5 Å². The minimum absolute atomic E-state index is 0.0707. The van der Waals surface area contributed by atoms with Gasteiger partial charge in [-0.2, -0.15) is 0 Å². The molecule has 0 radical (unpaired) electrons. The van der Waals surface area contributed by atoms with Crippen molar-refractivity contribution < 1.29 is 9.90 Å². The van der Waals surface area contributed by atoms with Crippen LogP contribution in [0.1, 0.15) is 24.6 Å². The van der Waals surface area contributed by atoms with Gasteiger partial charge in [0.25, 0.3) is 0 Å². The summed E-state index contributed by atoms with van der Waals surface area (Å²) < 4.78 is 1.88. The zero-order valence-electron chi connectivity index (χ0n) is 8.71. The van der Waals surface area contributed by atoms with Gasteiger partial charge in [0, 0.05) is 18.7 Å². The number of pyridine rings is 1. The van der Waals surface area contributed by atoms with Gasteiger partial charge in [0.15, 0.2) is 0 Å². The first-order chi connectivity index (χ1) is 7.68. The maximum absolute atomic E-state index is 10.5. The smallest absolute Gasteiger partial charge is 0.303 e.